The lowest BCUT2D eigenvalue weighted by Gasteiger charge is -2.29. The summed E-state index contributed by atoms with van der Waals surface area (Å²) in [5.41, 5.74) is 1.15. The molecule has 0 spiro atoms. The van der Waals surface area contributed by atoms with Gasteiger partial charge in [-0.1, -0.05) is 48.5 Å². The van der Waals surface area contributed by atoms with E-state index in [1.165, 1.54) is 0 Å². The second kappa shape index (κ2) is 7.02. The summed E-state index contributed by atoms with van der Waals surface area (Å²) in [6.45, 7) is 5.11. The maximum Gasteiger partial charge on any atom is 0.180 e. The first-order valence-corrected chi connectivity index (χ1v) is 10.9. The number of hydrogen-bond acceptors (Lipinski definition) is 5. The van der Waals surface area contributed by atoms with Gasteiger partial charge in [0.25, 0.3) is 0 Å². The third-order valence-electron chi connectivity index (χ3n) is 5.21. The van der Waals surface area contributed by atoms with Crippen molar-refractivity contribution < 1.29 is 17.9 Å². The molecule has 2 heterocycles. The molecule has 4 rings (SSSR count). The first-order valence-electron chi connectivity index (χ1n) is 9.25. The molecule has 0 radical (unpaired) electrons. The van der Waals surface area contributed by atoms with E-state index in [1.54, 1.807) is 24.3 Å². The van der Waals surface area contributed by atoms with Gasteiger partial charge in [0.2, 0.25) is 0 Å². The van der Waals surface area contributed by atoms with Crippen LogP contribution in [0.2, 0.25) is 0 Å². The van der Waals surface area contributed by atoms with Crippen LogP contribution in [0, 0.1) is 0 Å². The van der Waals surface area contributed by atoms with Crippen LogP contribution in [0.15, 0.2) is 65.6 Å². The van der Waals surface area contributed by atoms with E-state index < -0.39 is 15.6 Å². The third-order valence-corrected chi connectivity index (χ3v) is 6.98. The van der Waals surface area contributed by atoms with Gasteiger partial charge >= 0.3 is 0 Å². The molecule has 6 heteroatoms. The average Bonchev–Trinajstić information content (AvgIpc) is 3.09. The Morgan fingerprint density at radius 3 is 2.30 bits per heavy atom. The second-order valence-electron chi connectivity index (χ2n) is 7.72. The number of likely N-dealkylation sites (tertiary alicyclic amines) is 1. The third kappa shape index (κ3) is 3.94. The Labute approximate surface area is 160 Å². The Balaban J connectivity index is 1.60. The van der Waals surface area contributed by atoms with Gasteiger partial charge in [0.1, 0.15) is 12.2 Å². The normalized spacial score (nSPS) is 27.6. The second-order valence-corrected chi connectivity index (χ2v) is 9.75. The molecule has 2 aromatic rings. The van der Waals surface area contributed by atoms with Crippen LogP contribution in [0.3, 0.4) is 0 Å². The molecule has 2 aromatic carbocycles. The van der Waals surface area contributed by atoms with Gasteiger partial charge in [0.15, 0.2) is 15.6 Å². The highest BCUT2D eigenvalue weighted by Crippen LogP contribution is 2.38. The molecular formula is C21H25NO4S. The number of fused-ring (bicyclic) bond motifs is 1. The van der Waals surface area contributed by atoms with Crippen molar-refractivity contribution in [3.8, 4) is 0 Å². The van der Waals surface area contributed by atoms with Crippen molar-refractivity contribution in [3.05, 3.63) is 66.2 Å². The van der Waals surface area contributed by atoms with Gasteiger partial charge in [0.05, 0.1) is 16.7 Å². The Hall–Kier alpha value is -1.73. The highest BCUT2D eigenvalue weighted by Gasteiger charge is 2.53. The Kier molecular flexibility index (Phi) is 4.84. The van der Waals surface area contributed by atoms with Crippen molar-refractivity contribution in [3.63, 3.8) is 0 Å². The van der Waals surface area contributed by atoms with Gasteiger partial charge in [0, 0.05) is 13.1 Å². The maximum atomic E-state index is 13.0. The monoisotopic (exact) mass is 387 g/mol. The van der Waals surface area contributed by atoms with Crippen molar-refractivity contribution in [2.45, 2.75) is 49.3 Å². The molecule has 27 heavy (non-hydrogen) atoms. The zero-order valence-electron chi connectivity index (χ0n) is 15.6. The quantitative estimate of drug-likeness (QED) is 0.790. The number of hydrogen-bond donors (Lipinski definition) is 0. The molecule has 0 N–H and O–H groups in total. The predicted octanol–water partition coefficient (Wildman–Crippen LogP) is 2.86. The highest BCUT2D eigenvalue weighted by atomic mass is 32.2. The van der Waals surface area contributed by atoms with E-state index in [1.807, 2.05) is 38.1 Å². The molecule has 0 aromatic heterocycles. The lowest BCUT2D eigenvalue weighted by atomic mass is 10.1. The number of benzene rings is 2. The maximum absolute atomic E-state index is 13.0. The summed E-state index contributed by atoms with van der Waals surface area (Å²) in [6.07, 6.45) is -0.359. The zero-order valence-corrected chi connectivity index (χ0v) is 16.4. The molecule has 0 amide bonds. The van der Waals surface area contributed by atoms with Crippen LogP contribution in [0.4, 0.5) is 0 Å². The summed E-state index contributed by atoms with van der Waals surface area (Å²) in [5, 5.41) is 0. The van der Waals surface area contributed by atoms with Gasteiger partial charge in [-0.2, -0.15) is 0 Å². The van der Waals surface area contributed by atoms with E-state index in [0.29, 0.717) is 18.0 Å². The van der Waals surface area contributed by atoms with Crippen LogP contribution in [-0.4, -0.2) is 49.7 Å². The van der Waals surface area contributed by atoms with Crippen molar-refractivity contribution in [1.29, 1.82) is 0 Å². The number of ether oxygens (including phenoxy) is 2. The summed E-state index contributed by atoms with van der Waals surface area (Å²) in [4.78, 5) is 2.53. The summed E-state index contributed by atoms with van der Waals surface area (Å²) in [6, 6.07) is 18.5. The fourth-order valence-corrected chi connectivity index (χ4v) is 5.67. The van der Waals surface area contributed by atoms with E-state index in [4.69, 9.17) is 9.47 Å². The van der Waals surface area contributed by atoms with Crippen LogP contribution in [0.25, 0.3) is 0 Å². The first-order chi connectivity index (χ1) is 12.8. The minimum atomic E-state index is -3.42. The zero-order chi connectivity index (χ0) is 19.1. The van der Waals surface area contributed by atoms with Crippen LogP contribution < -0.4 is 0 Å². The minimum Gasteiger partial charge on any atom is -0.343 e. The molecule has 0 saturated carbocycles. The number of nitrogens with zero attached hydrogens (tertiary/aromatic N) is 1. The van der Waals surface area contributed by atoms with Crippen LogP contribution >= 0.6 is 0 Å². The predicted molar refractivity (Wildman–Crippen MR) is 103 cm³/mol. The Morgan fingerprint density at radius 1 is 1.00 bits per heavy atom. The SMILES string of the molecule is CC1(C)O[C@H]2[C@H](CN(Cc3ccccc3)[C@H]2CS(=O)(=O)c2ccccc2)O1. The summed E-state index contributed by atoms with van der Waals surface area (Å²) >= 11 is 0. The molecule has 2 saturated heterocycles. The van der Waals surface area contributed by atoms with E-state index in [-0.39, 0.29) is 24.0 Å². The van der Waals surface area contributed by atoms with Gasteiger partial charge in [-0.15, -0.1) is 0 Å². The topological polar surface area (TPSA) is 55.8 Å². The fraction of sp³-hybridized carbons (Fsp3) is 0.429. The molecule has 5 nitrogen and oxygen atoms in total. The minimum absolute atomic E-state index is 0.0183. The van der Waals surface area contributed by atoms with E-state index in [9.17, 15) is 8.42 Å². The fourth-order valence-electron chi connectivity index (χ4n) is 4.05. The van der Waals surface area contributed by atoms with Gasteiger partial charge in [-0.05, 0) is 31.5 Å². The van der Waals surface area contributed by atoms with Gasteiger partial charge < -0.3 is 9.47 Å². The van der Waals surface area contributed by atoms with E-state index in [0.717, 1.165) is 5.56 Å². The highest BCUT2D eigenvalue weighted by molar-refractivity contribution is 7.91. The lowest BCUT2D eigenvalue weighted by Crippen LogP contribution is -2.42. The molecule has 0 aliphatic carbocycles. The van der Waals surface area contributed by atoms with Crippen molar-refractivity contribution >= 4 is 9.84 Å². The largest absolute Gasteiger partial charge is 0.343 e. The lowest BCUT2D eigenvalue weighted by molar-refractivity contribution is -0.160. The van der Waals surface area contributed by atoms with Crippen LogP contribution in [-0.2, 0) is 25.9 Å². The van der Waals surface area contributed by atoms with Crippen molar-refractivity contribution in [2.75, 3.05) is 12.3 Å². The molecule has 2 aliphatic heterocycles. The molecule has 2 fully saturated rings. The summed E-state index contributed by atoms with van der Waals surface area (Å²) in [7, 11) is -3.42. The van der Waals surface area contributed by atoms with Crippen LogP contribution in [0.5, 0.6) is 0 Å². The molecular weight excluding hydrogens is 362 g/mol. The number of rotatable bonds is 5. The summed E-state index contributed by atoms with van der Waals surface area (Å²) in [5.74, 6) is -0.659. The Bertz CT molecular complexity index is 883. The van der Waals surface area contributed by atoms with E-state index in [2.05, 4.69) is 17.0 Å². The van der Waals surface area contributed by atoms with Crippen molar-refractivity contribution in [1.82, 2.24) is 4.90 Å². The molecule has 144 valence electrons. The summed E-state index contributed by atoms with van der Waals surface area (Å²) < 4.78 is 38.2. The van der Waals surface area contributed by atoms with Gasteiger partial charge in [-0.25, -0.2) is 8.42 Å². The number of sulfone groups is 1. The van der Waals surface area contributed by atoms with Crippen molar-refractivity contribution in [2.24, 2.45) is 0 Å². The van der Waals surface area contributed by atoms with Gasteiger partial charge in [-0.3, -0.25) is 4.90 Å². The molecule has 2 aliphatic rings. The molecule has 0 bridgehead atoms. The Morgan fingerprint density at radius 2 is 1.63 bits per heavy atom. The first kappa shape index (κ1) is 18.6. The van der Waals surface area contributed by atoms with E-state index >= 15 is 0 Å². The van der Waals surface area contributed by atoms with Crippen LogP contribution in [0.1, 0.15) is 19.4 Å². The smallest absolute Gasteiger partial charge is 0.180 e. The molecule has 0 unspecified atom stereocenters. The average molecular weight is 388 g/mol. The standard InChI is InChI=1S/C21H25NO4S/c1-21(2)25-19-14-22(13-16-9-5-3-6-10-16)18(20(19)26-21)15-27(23,24)17-11-7-4-8-12-17/h3-12,18-20H,13-15H2,1-2H3/t18-,19-,20+/m0/s1. The molecule has 3 atom stereocenters.